The van der Waals surface area contributed by atoms with Crippen LogP contribution in [0.1, 0.15) is 44.1 Å². The fourth-order valence-corrected chi connectivity index (χ4v) is 4.64. The zero-order valence-electron chi connectivity index (χ0n) is 19.7. The number of anilines is 3. The first kappa shape index (κ1) is 22.6. The van der Waals surface area contributed by atoms with Gasteiger partial charge < -0.3 is 15.1 Å². The molecule has 4 rings (SSSR count). The lowest BCUT2D eigenvalue weighted by Gasteiger charge is -2.32. The minimum absolute atomic E-state index is 0.399. The van der Waals surface area contributed by atoms with Crippen LogP contribution in [0.4, 0.5) is 17.5 Å². The van der Waals surface area contributed by atoms with Gasteiger partial charge in [-0.25, -0.2) is 4.98 Å². The molecule has 6 heteroatoms. The van der Waals surface area contributed by atoms with Crippen LogP contribution in [-0.4, -0.2) is 67.7 Å². The van der Waals surface area contributed by atoms with Crippen molar-refractivity contribution in [3.8, 4) is 0 Å². The van der Waals surface area contributed by atoms with Crippen LogP contribution in [-0.2, 0) is 0 Å². The third kappa shape index (κ3) is 6.45. The number of hydrogen-bond donors (Lipinski definition) is 1. The maximum absolute atomic E-state index is 4.85. The lowest BCUT2D eigenvalue weighted by atomic mass is 10.1. The number of hydrogen-bond acceptors (Lipinski definition) is 6. The highest BCUT2D eigenvalue weighted by molar-refractivity contribution is 5.55. The fraction of sp³-hybridized carbons (Fsp3) is 0.538. The van der Waals surface area contributed by atoms with Crippen LogP contribution in [0.5, 0.6) is 0 Å². The van der Waals surface area contributed by atoms with E-state index in [2.05, 4.69) is 81.6 Å². The summed E-state index contributed by atoms with van der Waals surface area (Å²) in [6, 6.07) is 11.2. The predicted molar refractivity (Wildman–Crippen MR) is 136 cm³/mol. The van der Waals surface area contributed by atoms with Crippen LogP contribution in [0.3, 0.4) is 0 Å². The second-order valence-corrected chi connectivity index (χ2v) is 9.27. The molecule has 172 valence electrons. The highest BCUT2D eigenvalue weighted by Gasteiger charge is 2.20. The van der Waals surface area contributed by atoms with Crippen molar-refractivity contribution in [2.75, 3.05) is 61.9 Å². The average molecular weight is 435 g/mol. The first-order valence-electron chi connectivity index (χ1n) is 12.2. The normalized spacial score (nSPS) is 20.3. The summed E-state index contributed by atoms with van der Waals surface area (Å²) in [5, 5.41) is 3.61. The van der Waals surface area contributed by atoms with E-state index in [0.717, 1.165) is 44.5 Å². The number of nitrogens with one attached hydrogen (secondary N) is 1. The smallest absolute Gasteiger partial charge is 0.224 e. The molecule has 2 aromatic rings. The molecular weight excluding hydrogens is 396 g/mol. The van der Waals surface area contributed by atoms with Crippen molar-refractivity contribution in [1.29, 1.82) is 0 Å². The van der Waals surface area contributed by atoms with Gasteiger partial charge in [0.15, 0.2) is 0 Å². The number of likely N-dealkylation sites (tertiary alicyclic amines) is 1. The molecule has 1 aromatic carbocycles. The summed E-state index contributed by atoms with van der Waals surface area (Å²) in [6.45, 7) is 5.37. The Bertz CT molecular complexity index is 855. The quantitative estimate of drug-likeness (QED) is 0.692. The number of rotatable bonds is 7. The molecule has 0 amide bonds. The standard InChI is InChI=1S/C26H38N6/c1-30(2)24-13-11-22(12-14-24)9-7-17-31-18-8-10-23(21-31)28-26-27-16-15-25(29-26)32-19-5-3-4-6-20-32/h7,9,11-16,23H,3-6,8,10,17-21H2,1-2H3,(H,27,28,29)/b9-7+. The van der Waals surface area contributed by atoms with E-state index in [9.17, 15) is 0 Å². The van der Waals surface area contributed by atoms with Crippen molar-refractivity contribution < 1.29 is 0 Å². The van der Waals surface area contributed by atoms with Crippen molar-refractivity contribution in [2.45, 2.75) is 44.6 Å². The van der Waals surface area contributed by atoms with Crippen LogP contribution < -0.4 is 15.1 Å². The van der Waals surface area contributed by atoms with E-state index in [1.54, 1.807) is 0 Å². The largest absolute Gasteiger partial charge is 0.378 e. The van der Waals surface area contributed by atoms with Gasteiger partial charge in [0.05, 0.1) is 0 Å². The van der Waals surface area contributed by atoms with Crippen LogP contribution in [0.15, 0.2) is 42.6 Å². The molecule has 0 bridgehead atoms. The van der Waals surface area contributed by atoms with Gasteiger partial charge in [0.2, 0.25) is 5.95 Å². The topological polar surface area (TPSA) is 47.5 Å². The molecule has 1 aromatic heterocycles. The summed E-state index contributed by atoms with van der Waals surface area (Å²) in [5.41, 5.74) is 2.48. The lowest BCUT2D eigenvalue weighted by Crippen LogP contribution is -2.42. The molecule has 6 nitrogen and oxygen atoms in total. The summed E-state index contributed by atoms with van der Waals surface area (Å²) in [4.78, 5) is 16.4. The van der Waals surface area contributed by atoms with E-state index in [1.807, 2.05) is 6.20 Å². The zero-order valence-corrected chi connectivity index (χ0v) is 19.7. The Kier molecular flexibility index (Phi) is 7.99. The first-order valence-corrected chi connectivity index (χ1v) is 12.2. The monoisotopic (exact) mass is 434 g/mol. The Hall–Kier alpha value is -2.60. The van der Waals surface area contributed by atoms with Gasteiger partial charge in [-0.15, -0.1) is 0 Å². The Morgan fingerprint density at radius 3 is 2.53 bits per heavy atom. The molecule has 0 spiro atoms. The highest BCUT2D eigenvalue weighted by Crippen LogP contribution is 2.20. The highest BCUT2D eigenvalue weighted by atomic mass is 15.2. The molecule has 2 fully saturated rings. The molecule has 1 N–H and O–H groups in total. The molecule has 1 atom stereocenters. The molecule has 1 unspecified atom stereocenters. The Balaban J connectivity index is 1.29. The van der Waals surface area contributed by atoms with Crippen molar-refractivity contribution in [3.63, 3.8) is 0 Å². The van der Waals surface area contributed by atoms with Gasteiger partial charge in [0, 0.05) is 58.2 Å². The summed E-state index contributed by atoms with van der Waals surface area (Å²) in [7, 11) is 4.14. The molecule has 2 aliphatic heterocycles. The summed E-state index contributed by atoms with van der Waals surface area (Å²) in [6.07, 6.45) is 14.0. The van der Waals surface area contributed by atoms with Crippen molar-refractivity contribution in [1.82, 2.24) is 14.9 Å². The van der Waals surface area contributed by atoms with Crippen LogP contribution in [0.25, 0.3) is 6.08 Å². The molecule has 32 heavy (non-hydrogen) atoms. The Morgan fingerprint density at radius 1 is 1.00 bits per heavy atom. The van der Waals surface area contributed by atoms with Crippen molar-refractivity contribution >= 4 is 23.5 Å². The molecule has 0 saturated carbocycles. The Labute approximate surface area is 193 Å². The molecule has 2 aliphatic rings. The van der Waals surface area contributed by atoms with Gasteiger partial charge in [0.25, 0.3) is 0 Å². The van der Waals surface area contributed by atoms with Gasteiger partial charge in [-0.05, 0) is 56.0 Å². The minimum atomic E-state index is 0.399. The van der Waals surface area contributed by atoms with Gasteiger partial charge in [-0.1, -0.05) is 37.1 Å². The number of benzene rings is 1. The number of nitrogens with zero attached hydrogens (tertiary/aromatic N) is 5. The number of aromatic nitrogens is 2. The first-order chi connectivity index (χ1) is 15.7. The summed E-state index contributed by atoms with van der Waals surface area (Å²) in [5.74, 6) is 1.84. The average Bonchev–Trinajstić information content (AvgIpc) is 3.10. The zero-order chi connectivity index (χ0) is 22.2. The maximum atomic E-state index is 4.85. The van der Waals surface area contributed by atoms with Crippen molar-refractivity contribution in [2.24, 2.45) is 0 Å². The predicted octanol–water partition coefficient (Wildman–Crippen LogP) is 4.51. The van der Waals surface area contributed by atoms with Crippen molar-refractivity contribution in [3.05, 3.63) is 48.2 Å². The van der Waals surface area contributed by atoms with E-state index in [1.165, 1.54) is 49.8 Å². The van der Waals surface area contributed by atoms with E-state index in [-0.39, 0.29) is 0 Å². The fourth-order valence-electron chi connectivity index (χ4n) is 4.64. The maximum Gasteiger partial charge on any atom is 0.224 e. The number of piperidine rings is 1. The summed E-state index contributed by atoms with van der Waals surface area (Å²) < 4.78 is 0. The summed E-state index contributed by atoms with van der Waals surface area (Å²) >= 11 is 0. The van der Waals surface area contributed by atoms with Crippen LogP contribution >= 0.6 is 0 Å². The second kappa shape index (κ2) is 11.3. The van der Waals surface area contributed by atoms with Crippen LogP contribution in [0, 0.1) is 0 Å². The molecule has 0 radical (unpaired) electrons. The van der Waals surface area contributed by atoms with E-state index < -0.39 is 0 Å². The minimum Gasteiger partial charge on any atom is -0.378 e. The van der Waals surface area contributed by atoms with E-state index in [0.29, 0.717) is 6.04 Å². The van der Waals surface area contributed by atoms with Gasteiger partial charge in [-0.3, -0.25) is 4.90 Å². The lowest BCUT2D eigenvalue weighted by molar-refractivity contribution is 0.237. The third-order valence-electron chi connectivity index (χ3n) is 6.49. The van der Waals surface area contributed by atoms with E-state index in [4.69, 9.17) is 4.98 Å². The van der Waals surface area contributed by atoms with E-state index >= 15 is 0 Å². The molecule has 0 aliphatic carbocycles. The van der Waals surface area contributed by atoms with Crippen LogP contribution in [0.2, 0.25) is 0 Å². The van der Waals surface area contributed by atoms with Gasteiger partial charge in [0.1, 0.15) is 5.82 Å². The molecule has 2 saturated heterocycles. The second-order valence-electron chi connectivity index (χ2n) is 9.27. The van der Waals surface area contributed by atoms with Gasteiger partial charge >= 0.3 is 0 Å². The molecule has 3 heterocycles. The molecular formula is C26H38N6. The van der Waals surface area contributed by atoms with Gasteiger partial charge in [-0.2, -0.15) is 4.98 Å². The third-order valence-corrected chi connectivity index (χ3v) is 6.49. The SMILES string of the molecule is CN(C)c1ccc(/C=C/CN2CCCC(Nc3nccc(N4CCCCCC4)n3)C2)cc1. The Morgan fingerprint density at radius 2 is 1.78 bits per heavy atom.